The van der Waals surface area contributed by atoms with Crippen LogP contribution in [0.15, 0.2) is 24.3 Å². The molecule has 0 saturated carbocycles. The van der Waals surface area contributed by atoms with E-state index in [2.05, 4.69) is 10.1 Å². The maximum Gasteiger partial charge on any atom is 0.573 e. The van der Waals surface area contributed by atoms with Gasteiger partial charge < -0.3 is 15.0 Å². The monoisotopic (exact) mass is 356 g/mol. The van der Waals surface area contributed by atoms with Crippen LogP contribution < -0.4 is 10.1 Å². The zero-order valence-electron chi connectivity index (χ0n) is 14.1. The Morgan fingerprint density at radius 2 is 1.84 bits per heavy atom. The maximum absolute atomic E-state index is 12.4. The lowest BCUT2D eigenvalue weighted by Crippen LogP contribution is -2.44. The predicted molar refractivity (Wildman–Crippen MR) is 87.2 cm³/mol. The lowest BCUT2D eigenvalue weighted by Gasteiger charge is -2.39. The number of nitrogens with one attached hydrogen (secondary N) is 1. The van der Waals surface area contributed by atoms with Gasteiger partial charge in [-0.15, -0.1) is 13.2 Å². The third kappa shape index (κ3) is 4.87. The van der Waals surface area contributed by atoms with Crippen molar-refractivity contribution < 1.29 is 22.7 Å². The third-order valence-electron chi connectivity index (χ3n) is 5.29. The topological polar surface area (TPSA) is 41.6 Å². The fraction of sp³-hybridized carbons (Fsp3) is 0.611. The number of hydrogen-bond donors (Lipinski definition) is 1. The summed E-state index contributed by atoms with van der Waals surface area (Å²) in [5.74, 6) is -0.120. The number of ether oxygens (including phenoxy) is 1. The molecule has 25 heavy (non-hydrogen) atoms. The minimum atomic E-state index is -4.68. The molecule has 138 valence electrons. The van der Waals surface area contributed by atoms with E-state index in [-0.39, 0.29) is 11.7 Å². The van der Waals surface area contributed by atoms with Crippen molar-refractivity contribution in [1.29, 1.82) is 0 Å². The summed E-state index contributed by atoms with van der Waals surface area (Å²) < 4.78 is 40.2. The van der Waals surface area contributed by atoms with Crippen LogP contribution in [-0.4, -0.2) is 43.3 Å². The van der Waals surface area contributed by atoms with E-state index in [1.165, 1.54) is 18.6 Å². The second kappa shape index (κ2) is 7.23. The molecule has 0 aromatic heterocycles. The first kappa shape index (κ1) is 18.0. The summed E-state index contributed by atoms with van der Waals surface area (Å²) in [4.78, 5) is 14.3. The van der Waals surface area contributed by atoms with E-state index >= 15 is 0 Å². The molecular weight excluding hydrogens is 333 g/mol. The summed E-state index contributed by atoms with van der Waals surface area (Å²) in [5, 5.41) is 3.41. The quantitative estimate of drug-likeness (QED) is 0.901. The van der Waals surface area contributed by atoms with Crippen LogP contribution in [0.2, 0.25) is 0 Å². The van der Waals surface area contributed by atoms with Crippen LogP contribution in [0.5, 0.6) is 5.75 Å². The van der Waals surface area contributed by atoms with Gasteiger partial charge in [-0.05, 0) is 55.3 Å². The number of rotatable bonds is 4. The summed E-state index contributed by atoms with van der Waals surface area (Å²) in [6, 6.07) is 5.71. The highest BCUT2D eigenvalue weighted by atomic mass is 19.4. The highest BCUT2D eigenvalue weighted by Crippen LogP contribution is 2.37. The summed E-state index contributed by atoms with van der Waals surface area (Å²) in [6.07, 6.45) is -0.483. The smallest absolute Gasteiger partial charge is 0.406 e. The molecule has 7 heteroatoms. The van der Waals surface area contributed by atoms with Crippen molar-refractivity contribution in [2.75, 3.05) is 26.2 Å². The summed E-state index contributed by atoms with van der Waals surface area (Å²) in [5.41, 5.74) is 1.21. The normalized spacial score (nSPS) is 20.0. The molecule has 0 aliphatic carbocycles. The number of aryl methyl sites for hydroxylation is 1. The van der Waals surface area contributed by atoms with Gasteiger partial charge in [0.25, 0.3) is 0 Å². The molecule has 0 bridgehead atoms. The van der Waals surface area contributed by atoms with Gasteiger partial charge >= 0.3 is 6.36 Å². The molecule has 2 aliphatic heterocycles. The number of carbonyl (C=O) groups excluding carboxylic acids is 1. The zero-order chi connectivity index (χ0) is 17.9. The van der Waals surface area contributed by atoms with Crippen molar-refractivity contribution in [3.63, 3.8) is 0 Å². The van der Waals surface area contributed by atoms with Crippen LogP contribution in [0.4, 0.5) is 13.2 Å². The molecule has 0 unspecified atom stereocenters. The third-order valence-corrected chi connectivity index (χ3v) is 5.29. The summed E-state index contributed by atoms with van der Waals surface area (Å²) in [7, 11) is 0. The summed E-state index contributed by atoms with van der Waals surface area (Å²) >= 11 is 0. The van der Waals surface area contributed by atoms with Gasteiger partial charge in [-0.25, -0.2) is 0 Å². The van der Waals surface area contributed by atoms with E-state index < -0.39 is 6.36 Å². The SMILES string of the molecule is O=C(CCc1ccc(OC(F)(F)F)cc1)N1CCC2(CCNC2)CC1. The van der Waals surface area contributed by atoms with Crippen LogP contribution in [0, 0.1) is 5.41 Å². The van der Waals surface area contributed by atoms with E-state index in [9.17, 15) is 18.0 Å². The molecule has 1 aromatic carbocycles. The van der Waals surface area contributed by atoms with Crippen molar-refractivity contribution in [1.82, 2.24) is 10.2 Å². The molecule has 1 amide bonds. The molecule has 2 heterocycles. The van der Waals surface area contributed by atoms with Crippen molar-refractivity contribution >= 4 is 5.91 Å². The van der Waals surface area contributed by atoms with Gasteiger partial charge in [-0.3, -0.25) is 4.79 Å². The molecule has 4 nitrogen and oxygen atoms in total. The van der Waals surface area contributed by atoms with Crippen molar-refractivity contribution in [3.05, 3.63) is 29.8 Å². The number of amides is 1. The molecule has 2 aliphatic rings. The standard InChI is InChI=1S/C18H23F3N2O2/c19-18(20,21)25-15-4-1-14(2-5-15)3-6-16(24)23-11-8-17(9-12-23)7-10-22-13-17/h1-2,4-5,22H,3,6-13H2. The van der Waals surface area contributed by atoms with Gasteiger partial charge in [-0.1, -0.05) is 12.1 Å². The average molecular weight is 356 g/mol. The molecule has 2 saturated heterocycles. The first-order chi connectivity index (χ1) is 11.9. The van der Waals surface area contributed by atoms with E-state index in [1.807, 2.05) is 4.90 Å². The molecular formula is C18H23F3N2O2. The van der Waals surface area contributed by atoms with Gasteiger partial charge in [0.2, 0.25) is 5.91 Å². The first-order valence-electron chi connectivity index (χ1n) is 8.69. The van der Waals surface area contributed by atoms with Crippen molar-refractivity contribution in [2.45, 2.75) is 38.5 Å². The number of piperidine rings is 1. The Bertz CT molecular complexity index is 585. The Hall–Kier alpha value is -1.76. The van der Waals surface area contributed by atoms with Crippen LogP contribution in [-0.2, 0) is 11.2 Å². The van der Waals surface area contributed by atoms with Gasteiger partial charge in [0, 0.05) is 26.1 Å². The van der Waals surface area contributed by atoms with Gasteiger partial charge in [0.1, 0.15) is 5.75 Å². The van der Waals surface area contributed by atoms with Crippen LogP contribution in [0.25, 0.3) is 0 Å². The van der Waals surface area contributed by atoms with Gasteiger partial charge in [-0.2, -0.15) is 0 Å². The van der Waals surface area contributed by atoms with E-state index in [4.69, 9.17) is 0 Å². The number of halogens is 3. The van der Waals surface area contributed by atoms with E-state index in [0.29, 0.717) is 18.3 Å². The lowest BCUT2D eigenvalue weighted by molar-refractivity contribution is -0.274. The van der Waals surface area contributed by atoms with Crippen LogP contribution >= 0.6 is 0 Å². The van der Waals surface area contributed by atoms with Crippen molar-refractivity contribution in [2.24, 2.45) is 5.41 Å². The van der Waals surface area contributed by atoms with Gasteiger partial charge in [0.05, 0.1) is 0 Å². The average Bonchev–Trinajstić information content (AvgIpc) is 3.01. The number of benzene rings is 1. The van der Waals surface area contributed by atoms with Crippen LogP contribution in [0.1, 0.15) is 31.2 Å². The largest absolute Gasteiger partial charge is 0.573 e. The highest BCUT2D eigenvalue weighted by Gasteiger charge is 2.37. The van der Waals surface area contributed by atoms with E-state index in [1.54, 1.807) is 12.1 Å². The Labute approximate surface area is 145 Å². The summed E-state index contributed by atoms with van der Waals surface area (Å²) in [6.45, 7) is 3.74. The Morgan fingerprint density at radius 3 is 2.40 bits per heavy atom. The fourth-order valence-electron chi connectivity index (χ4n) is 3.72. The molecule has 0 radical (unpaired) electrons. The molecule has 0 atom stereocenters. The number of nitrogens with zero attached hydrogens (tertiary/aromatic N) is 1. The second-order valence-corrected chi connectivity index (χ2v) is 7.00. The molecule has 1 N–H and O–H groups in total. The maximum atomic E-state index is 12.4. The van der Waals surface area contributed by atoms with Crippen molar-refractivity contribution in [3.8, 4) is 5.75 Å². The predicted octanol–water partition coefficient (Wildman–Crippen LogP) is 3.12. The minimum absolute atomic E-state index is 0.122. The molecule has 2 fully saturated rings. The van der Waals surface area contributed by atoms with Gasteiger partial charge in [0.15, 0.2) is 0 Å². The van der Waals surface area contributed by atoms with Crippen LogP contribution in [0.3, 0.4) is 0 Å². The molecule has 1 spiro atoms. The zero-order valence-corrected chi connectivity index (χ0v) is 14.1. The first-order valence-corrected chi connectivity index (χ1v) is 8.69. The highest BCUT2D eigenvalue weighted by molar-refractivity contribution is 5.76. The Kier molecular flexibility index (Phi) is 5.22. The number of hydrogen-bond acceptors (Lipinski definition) is 3. The Balaban J connectivity index is 1.44. The second-order valence-electron chi connectivity index (χ2n) is 7.00. The number of likely N-dealkylation sites (tertiary alicyclic amines) is 1. The Morgan fingerprint density at radius 1 is 1.16 bits per heavy atom. The number of carbonyl (C=O) groups is 1. The molecule has 1 aromatic rings. The molecule has 3 rings (SSSR count). The fourth-order valence-corrected chi connectivity index (χ4v) is 3.72. The minimum Gasteiger partial charge on any atom is -0.406 e. The lowest BCUT2D eigenvalue weighted by atomic mass is 9.78. The van der Waals surface area contributed by atoms with E-state index in [0.717, 1.165) is 44.6 Å². The number of alkyl halides is 3.